The molecule has 0 radical (unpaired) electrons. The van der Waals surface area contributed by atoms with Gasteiger partial charge in [-0.2, -0.15) is 8.42 Å². The molecule has 0 aliphatic heterocycles. The Hall–Kier alpha value is -1.87. The van der Waals surface area contributed by atoms with E-state index in [1.54, 1.807) is 0 Å². The molecule has 0 bridgehead atoms. The Balaban J connectivity index is 3.66. The minimum atomic E-state index is -4.76. The lowest BCUT2D eigenvalue weighted by Gasteiger charge is -2.06. The summed E-state index contributed by atoms with van der Waals surface area (Å²) in [6.07, 6.45) is 0. The number of benzene rings is 1. The van der Waals surface area contributed by atoms with E-state index in [0.29, 0.717) is 0 Å². The van der Waals surface area contributed by atoms with Gasteiger partial charge in [0.05, 0.1) is 23.8 Å². The highest BCUT2D eigenvalue weighted by molar-refractivity contribution is 7.86. The van der Waals surface area contributed by atoms with Gasteiger partial charge in [-0.05, 0) is 0 Å². The minimum Gasteiger partial charge on any atom is -0.496 e. The highest BCUT2D eigenvalue weighted by Gasteiger charge is 2.28. The van der Waals surface area contributed by atoms with Crippen molar-refractivity contribution in [1.82, 2.24) is 0 Å². The molecular weight excluding hydrogens is 240 g/mol. The van der Waals surface area contributed by atoms with Crippen LogP contribution in [0, 0.1) is 10.1 Å². The molecule has 1 aromatic carbocycles. The van der Waals surface area contributed by atoms with Crippen LogP contribution in [0.25, 0.3) is 0 Å². The third-order valence-electron chi connectivity index (χ3n) is 1.76. The summed E-state index contributed by atoms with van der Waals surface area (Å²) < 4.78 is 35.3. The Kier molecular flexibility index (Phi) is 3.01. The van der Waals surface area contributed by atoms with E-state index in [0.717, 1.165) is 12.1 Å². The minimum absolute atomic E-state index is 0.0246. The number of rotatable bonds is 3. The van der Waals surface area contributed by atoms with Crippen LogP contribution in [-0.4, -0.2) is 25.0 Å². The first-order valence-corrected chi connectivity index (χ1v) is 5.30. The van der Waals surface area contributed by atoms with Crippen molar-refractivity contribution in [2.45, 2.75) is 4.90 Å². The number of methoxy groups -OCH3 is 1. The summed E-state index contributed by atoms with van der Waals surface area (Å²) in [5, 5.41) is 10.6. The molecule has 0 aromatic heterocycles. The maximum absolute atomic E-state index is 10.9. The largest absolute Gasteiger partial charge is 0.496 e. The van der Waals surface area contributed by atoms with Gasteiger partial charge in [-0.3, -0.25) is 14.7 Å². The Morgan fingerprint density at radius 1 is 1.50 bits per heavy atom. The van der Waals surface area contributed by atoms with Crippen molar-refractivity contribution in [2.75, 3.05) is 12.8 Å². The number of ether oxygens (including phenoxy) is 1. The van der Waals surface area contributed by atoms with Gasteiger partial charge in [0.1, 0.15) is 5.75 Å². The van der Waals surface area contributed by atoms with Crippen LogP contribution < -0.4 is 10.5 Å². The van der Waals surface area contributed by atoms with Crippen molar-refractivity contribution in [3.8, 4) is 5.75 Å². The second-order valence-corrected chi connectivity index (χ2v) is 4.16. The zero-order valence-corrected chi connectivity index (χ0v) is 8.89. The highest BCUT2D eigenvalue weighted by atomic mass is 32.2. The monoisotopic (exact) mass is 248 g/mol. The number of nitro groups is 1. The zero-order valence-electron chi connectivity index (χ0n) is 8.08. The van der Waals surface area contributed by atoms with Gasteiger partial charge in [-0.25, -0.2) is 0 Å². The van der Waals surface area contributed by atoms with Crippen molar-refractivity contribution in [3.05, 3.63) is 22.2 Å². The molecule has 9 heteroatoms. The van der Waals surface area contributed by atoms with Crippen LogP contribution in [0.4, 0.5) is 11.4 Å². The molecular formula is C7H8N2O6S. The summed E-state index contributed by atoms with van der Waals surface area (Å²) in [6, 6.07) is 1.93. The van der Waals surface area contributed by atoms with Crippen LogP contribution in [0.1, 0.15) is 0 Å². The Morgan fingerprint density at radius 2 is 2.06 bits per heavy atom. The molecule has 88 valence electrons. The van der Waals surface area contributed by atoms with Gasteiger partial charge in [0.2, 0.25) is 0 Å². The first-order chi connectivity index (χ1) is 7.27. The van der Waals surface area contributed by atoms with Gasteiger partial charge in [0, 0.05) is 6.07 Å². The lowest BCUT2D eigenvalue weighted by molar-refractivity contribution is -0.387. The molecule has 0 amide bonds. The smallest absolute Gasteiger partial charge is 0.303 e. The Labute approximate surface area is 90.5 Å². The topological polar surface area (TPSA) is 133 Å². The predicted molar refractivity (Wildman–Crippen MR) is 53.9 cm³/mol. The molecule has 0 aliphatic rings. The molecule has 0 atom stereocenters. The second kappa shape index (κ2) is 3.94. The van der Waals surface area contributed by atoms with Gasteiger partial charge >= 0.3 is 10.1 Å². The molecule has 0 fully saturated rings. The molecule has 0 spiro atoms. The van der Waals surface area contributed by atoms with Gasteiger partial charge in [-0.1, -0.05) is 0 Å². The lowest BCUT2D eigenvalue weighted by Crippen LogP contribution is -2.07. The number of nitrogens with two attached hydrogens (primary N) is 1. The van der Waals surface area contributed by atoms with Crippen molar-refractivity contribution < 1.29 is 22.6 Å². The van der Waals surface area contributed by atoms with Gasteiger partial charge in [0.25, 0.3) is 5.69 Å². The standard InChI is InChI=1S/C7H8N2O6S/c1-15-4-2-5(8)7(16(12,13)14)6(3-4)9(10)11/h2-3H,8H2,1H3,(H,12,13,14). The molecule has 0 saturated carbocycles. The normalized spacial score (nSPS) is 11.1. The fourth-order valence-electron chi connectivity index (χ4n) is 1.14. The van der Waals surface area contributed by atoms with E-state index in [4.69, 9.17) is 15.0 Å². The molecule has 8 nitrogen and oxygen atoms in total. The summed E-state index contributed by atoms with van der Waals surface area (Å²) in [7, 11) is -3.51. The van der Waals surface area contributed by atoms with Crippen LogP contribution in [0.15, 0.2) is 17.0 Å². The average Bonchev–Trinajstić information content (AvgIpc) is 2.14. The van der Waals surface area contributed by atoms with E-state index in [-0.39, 0.29) is 5.75 Å². The van der Waals surface area contributed by atoms with E-state index >= 15 is 0 Å². The quantitative estimate of drug-likeness (QED) is 0.343. The van der Waals surface area contributed by atoms with E-state index in [1.165, 1.54) is 7.11 Å². The molecule has 0 heterocycles. The van der Waals surface area contributed by atoms with E-state index in [2.05, 4.69) is 0 Å². The van der Waals surface area contributed by atoms with Gasteiger partial charge in [-0.15, -0.1) is 0 Å². The summed E-state index contributed by atoms with van der Waals surface area (Å²) in [6.45, 7) is 0. The molecule has 16 heavy (non-hydrogen) atoms. The predicted octanol–water partition coefficient (Wildman–Crippen LogP) is 0.432. The molecule has 0 aliphatic carbocycles. The first kappa shape index (κ1) is 12.2. The molecule has 1 aromatic rings. The zero-order chi connectivity index (χ0) is 12.5. The Bertz CT molecular complexity index is 538. The number of hydrogen-bond donors (Lipinski definition) is 2. The average molecular weight is 248 g/mol. The van der Waals surface area contributed by atoms with E-state index < -0.39 is 31.3 Å². The SMILES string of the molecule is COc1cc(N)c(S(=O)(=O)O)c([N+](=O)[O-])c1. The summed E-state index contributed by atoms with van der Waals surface area (Å²) >= 11 is 0. The van der Waals surface area contributed by atoms with Gasteiger partial charge in [0.15, 0.2) is 4.90 Å². The summed E-state index contributed by atoms with van der Waals surface area (Å²) in [5.41, 5.74) is 4.01. The molecule has 0 saturated heterocycles. The second-order valence-electron chi connectivity index (χ2n) is 2.80. The van der Waals surface area contributed by atoms with Crippen LogP contribution >= 0.6 is 0 Å². The van der Waals surface area contributed by atoms with E-state index in [9.17, 15) is 18.5 Å². The van der Waals surface area contributed by atoms with Crippen LogP contribution in [-0.2, 0) is 10.1 Å². The number of hydrogen-bond acceptors (Lipinski definition) is 6. The van der Waals surface area contributed by atoms with Crippen LogP contribution in [0.2, 0.25) is 0 Å². The first-order valence-electron chi connectivity index (χ1n) is 3.86. The fraction of sp³-hybridized carbons (Fsp3) is 0.143. The van der Waals surface area contributed by atoms with Crippen LogP contribution in [0.3, 0.4) is 0 Å². The number of nitrogens with zero attached hydrogens (tertiary/aromatic N) is 1. The molecule has 0 unspecified atom stereocenters. The Morgan fingerprint density at radius 3 is 2.44 bits per heavy atom. The fourth-order valence-corrected chi connectivity index (χ4v) is 1.90. The molecule has 3 N–H and O–H groups in total. The summed E-state index contributed by atoms with van der Waals surface area (Å²) in [5.74, 6) is 0.0246. The summed E-state index contributed by atoms with van der Waals surface area (Å²) in [4.78, 5) is 8.71. The van der Waals surface area contributed by atoms with Gasteiger partial charge < -0.3 is 10.5 Å². The van der Waals surface area contributed by atoms with Crippen molar-refractivity contribution in [1.29, 1.82) is 0 Å². The maximum Gasteiger partial charge on any atom is 0.303 e. The maximum atomic E-state index is 10.9. The number of nitro benzene ring substituents is 1. The van der Waals surface area contributed by atoms with Crippen molar-refractivity contribution in [2.24, 2.45) is 0 Å². The third-order valence-corrected chi connectivity index (χ3v) is 2.72. The third kappa shape index (κ3) is 2.20. The van der Waals surface area contributed by atoms with Crippen molar-refractivity contribution >= 4 is 21.5 Å². The molecule has 1 rings (SSSR count). The van der Waals surface area contributed by atoms with Crippen LogP contribution in [0.5, 0.6) is 5.75 Å². The van der Waals surface area contributed by atoms with Crippen molar-refractivity contribution in [3.63, 3.8) is 0 Å². The van der Waals surface area contributed by atoms with E-state index in [1.807, 2.05) is 0 Å². The highest BCUT2D eigenvalue weighted by Crippen LogP contribution is 2.33. The lowest BCUT2D eigenvalue weighted by atomic mass is 10.2. The number of anilines is 1. The number of nitrogen functional groups attached to an aromatic ring is 1.